The van der Waals surface area contributed by atoms with Crippen molar-refractivity contribution in [2.75, 3.05) is 0 Å². The topological polar surface area (TPSA) is 85.2 Å². The van der Waals surface area contributed by atoms with E-state index in [1.54, 1.807) is 30.3 Å². The van der Waals surface area contributed by atoms with E-state index in [0.29, 0.717) is 10.8 Å². The quantitative estimate of drug-likeness (QED) is 0.776. The lowest BCUT2D eigenvalue weighted by Crippen LogP contribution is -2.12. The van der Waals surface area contributed by atoms with Crippen molar-refractivity contribution in [2.45, 2.75) is 6.04 Å². The fraction of sp³-hybridized carbons (Fsp3) is 0.0667. The Labute approximate surface area is 126 Å². The Hall–Kier alpha value is -2.37. The highest BCUT2D eigenvalue weighted by atomic mass is 35.5. The second kappa shape index (κ2) is 5.55. The van der Waals surface area contributed by atoms with Gasteiger partial charge in [-0.1, -0.05) is 35.0 Å². The Morgan fingerprint density at radius 3 is 2.52 bits per heavy atom. The summed E-state index contributed by atoms with van der Waals surface area (Å²) in [4.78, 5) is 4.28. The lowest BCUT2D eigenvalue weighted by atomic mass is 10.1. The van der Waals surface area contributed by atoms with Crippen molar-refractivity contribution >= 4 is 11.6 Å². The molecule has 0 aliphatic rings. The molecule has 0 saturated carbocycles. The molecule has 21 heavy (non-hydrogen) atoms. The molecule has 3 N–H and O–H groups in total. The molecule has 1 heterocycles. The molecule has 2 aromatic carbocycles. The van der Waals surface area contributed by atoms with Gasteiger partial charge in [-0.25, -0.2) is 0 Å². The van der Waals surface area contributed by atoms with E-state index in [2.05, 4.69) is 10.1 Å². The first-order chi connectivity index (χ1) is 10.1. The van der Waals surface area contributed by atoms with Crippen molar-refractivity contribution in [3.63, 3.8) is 0 Å². The van der Waals surface area contributed by atoms with Crippen molar-refractivity contribution < 1.29 is 9.63 Å². The highest BCUT2D eigenvalue weighted by molar-refractivity contribution is 6.31. The predicted octanol–water partition coefficient (Wildman–Crippen LogP) is 3.14. The van der Waals surface area contributed by atoms with Crippen molar-refractivity contribution in [1.29, 1.82) is 0 Å². The van der Waals surface area contributed by atoms with Gasteiger partial charge in [0.25, 0.3) is 0 Å². The summed E-state index contributed by atoms with van der Waals surface area (Å²) in [5.74, 6) is 0.869. The minimum Gasteiger partial charge on any atom is -0.508 e. The predicted molar refractivity (Wildman–Crippen MR) is 78.9 cm³/mol. The van der Waals surface area contributed by atoms with Gasteiger partial charge in [-0.3, -0.25) is 0 Å². The van der Waals surface area contributed by atoms with E-state index in [-0.39, 0.29) is 11.6 Å². The average molecular weight is 302 g/mol. The second-order valence-corrected chi connectivity index (χ2v) is 4.91. The van der Waals surface area contributed by atoms with Crippen LogP contribution in [0, 0.1) is 0 Å². The van der Waals surface area contributed by atoms with Crippen LogP contribution >= 0.6 is 11.6 Å². The van der Waals surface area contributed by atoms with Crippen LogP contribution in [0.2, 0.25) is 5.02 Å². The van der Waals surface area contributed by atoms with E-state index >= 15 is 0 Å². The molecule has 5 nitrogen and oxygen atoms in total. The van der Waals surface area contributed by atoms with Crippen molar-refractivity contribution in [3.8, 4) is 17.1 Å². The van der Waals surface area contributed by atoms with Gasteiger partial charge >= 0.3 is 0 Å². The van der Waals surface area contributed by atoms with Gasteiger partial charge in [0.2, 0.25) is 11.7 Å². The molecular weight excluding hydrogens is 290 g/mol. The zero-order valence-corrected chi connectivity index (χ0v) is 11.7. The fourth-order valence-electron chi connectivity index (χ4n) is 1.95. The number of aromatic hydroxyl groups is 1. The zero-order valence-electron chi connectivity index (χ0n) is 10.9. The van der Waals surface area contributed by atoms with Crippen LogP contribution in [0.4, 0.5) is 0 Å². The van der Waals surface area contributed by atoms with Crippen LogP contribution in [-0.2, 0) is 0 Å². The zero-order chi connectivity index (χ0) is 14.8. The van der Waals surface area contributed by atoms with Crippen molar-refractivity contribution in [1.82, 2.24) is 10.1 Å². The van der Waals surface area contributed by atoms with E-state index in [1.807, 2.05) is 18.2 Å². The average Bonchev–Trinajstić information content (AvgIpc) is 2.98. The largest absolute Gasteiger partial charge is 0.508 e. The van der Waals surface area contributed by atoms with E-state index in [0.717, 1.165) is 11.1 Å². The van der Waals surface area contributed by atoms with Crippen LogP contribution in [0.1, 0.15) is 17.5 Å². The first-order valence-corrected chi connectivity index (χ1v) is 6.66. The number of rotatable bonds is 3. The molecule has 1 atom stereocenters. The number of halogens is 1. The number of phenolic OH excluding ortho intramolecular Hbond substituents is 1. The Balaban J connectivity index is 1.91. The molecule has 0 unspecified atom stereocenters. The molecule has 3 aromatic rings. The third-order valence-corrected chi connectivity index (χ3v) is 3.42. The summed E-state index contributed by atoms with van der Waals surface area (Å²) >= 11 is 6.11. The fourth-order valence-corrected chi connectivity index (χ4v) is 2.20. The maximum absolute atomic E-state index is 9.28. The maximum atomic E-state index is 9.28. The molecular formula is C15H12ClN3O2. The van der Waals surface area contributed by atoms with Gasteiger partial charge in [-0.05, 0) is 35.9 Å². The summed E-state index contributed by atoms with van der Waals surface area (Å²) in [6.45, 7) is 0. The standard InChI is InChI=1S/C15H12ClN3O2/c16-12-4-2-1-3-11(12)13(17)15-18-14(19-21-15)9-5-7-10(20)8-6-9/h1-8,13,20H,17H2/t13-/m1/s1. The molecule has 6 heteroatoms. The van der Waals surface area contributed by atoms with Crippen molar-refractivity contribution in [3.05, 3.63) is 65.0 Å². The molecule has 0 saturated heterocycles. The monoisotopic (exact) mass is 301 g/mol. The summed E-state index contributed by atoms with van der Waals surface area (Å²) < 4.78 is 5.21. The number of hydrogen-bond acceptors (Lipinski definition) is 5. The third-order valence-electron chi connectivity index (χ3n) is 3.07. The minimum absolute atomic E-state index is 0.176. The number of nitrogens with zero attached hydrogens (tertiary/aromatic N) is 2. The van der Waals surface area contributed by atoms with Gasteiger partial charge in [-0.2, -0.15) is 4.98 Å². The number of phenols is 1. The van der Waals surface area contributed by atoms with Gasteiger partial charge in [0.1, 0.15) is 11.8 Å². The smallest absolute Gasteiger partial charge is 0.248 e. The summed E-state index contributed by atoms with van der Waals surface area (Å²) in [6, 6.07) is 13.2. The second-order valence-electron chi connectivity index (χ2n) is 4.50. The lowest BCUT2D eigenvalue weighted by Gasteiger charge is -2.08. The van der Waals surface area contributed by atoms with Gasteiger partial charge in [0.15, 0.2) is 0 Å². The summed E-state index contributed by atoms with van der Waals surface area (Å²) in [5.41, 5.74) is 7.56. The van der Waals surface area contributed by atoms with E-state index in [1.165, 1.54) is 0 Å². The van der Waals surface area contributed by atoms with Gasteiger partial charge < -0.3 is 15.4 Å². The van der Waals surface area contributed by atoms with Gasteiger partial charge in [0, 0.05) is 10.6 Å². The molecule has 0 fully saturated rings. The van der Waals surface area contributed by atoms with Crippen LogP contribution in [0.3, 0.4) is 0 Å². The number of nitrogens with two attached hydrogens (primary N) is 1. The van der Waals surface area contributed by atoms with Gasteiger partial charge in [-0.15, -0.1) is 0 Å². The summed E-state index contributed by atoms with van der Waals surface area (Å²) in [7, 11) is 0. The minimum atomic E-state index is -0.586. The molecule has 106 valence electrons. The molecule has 0 spiro atoms. The number of benzene rings is 2. The molecule has 3 rings (SSSR count). The highest BCUT2D eigenvalue weighted by Crippen LogP contribution is 2.27. The molecule has 0 aliphatic heterocycles. The third kappa shape index (κ3) is 2.74. The van der Waals surface area contributed by atoms with Crippen LogP contribution in [-0.4, -0.2) is 15.2 Å². The van der Waals surface area contributed by atoms with Crippen molar-refractivity contribution in [2.24, 2.45) is 5.73 Å². The van der Waals surface area contributed by atoms with Crippen LogP contribution < -0.4 is 5.73 Å². The molecule has 1 aromatic heterocycles. The first kappa shape index (κ1) is 13.6. The highest BCUT2D eigenvalue weighted by Gasteiger charge is 2.19. The SMILES string of the molecule is N[C@@H](c1nc(-c2ccc(O)cc2)no1)c1ccccc1Cl. The normalized spacial score (nSPS) is 12.3. The molecule has 0 amide bonds. The first-order valence-electron chi connectivity index (χ1n) is 6.28. The number of aromatic nitrogens is 2. The summed E-state index contributed by atoms with van der Waals surface area (Å²) in [6.07, 6.45) is 0. The van der Waals surface area contributed by atoms with E-state index in [4.69, 9.17) is 21.9 Å². The Bertz CT molecular complexity index is 756. The Morgan fingerprint density at radius 1 is 1.10 bits per heavy atom. The molecule has 0 radical (unpaired) electrons. The van der Waals surface area contributed by atoms with Crippen LogP contribution in [0.25, 0.3) is 11.4 Å². The lowest BCUT2D eigenvalue weighted by molar-refractivity contribution is 0.367. The molecule has 0 bridgehead atoms. The maximum Gasteiger partial charge on any atom is 0.248 e. The molecule has 0 aliphatic carbocycles. The van der Waals surface area contributed by atoms with Crippen LogP contribution in [0.5, 0.6) is 5.75 Å². The van der Waals surface area contributed by atoms with Crippen LogP contribution in [0.15, 0.2) is 53.1 Å². The van der Waals surface area contributed by atoms with Gasteiger partial charge in [0.05, 0.1) is 0 Å². The number of hydrogen-bond donors (Lipinski definition) is 2. The van der Waals surface area contributed by atoms with E-state index < -0.39 is 6.04 Å². The van der Waals surface area contributed by atoms with E-state index in [9.17, 15) is 5.11 Å². The summed E-state index contributed by atoms with van der Waals surface area (Å²) in [5, 5.41) is 13.7. The Kier molecular flexibility index (Phi) is 3.60. The Morgan fingerprint density at radius 2 is 1.81 bits per heavy atom.